The number of carbonyl (C=O) groups is 1. The maximum Gasteiger partial charge on any atom is 0.254 e. The molecule has 1 aliphatic carbocycles. The fourth-order valence-corrected chi connectivity index (χ4v) is 2.87. The smallest absolute Gasteiger partial charge is 0.254 e. The summed E-state index contributed by atoms with van der Waals surface area (Å²) < 4.78 is 14.3. The summed E-state index contributed by atoms with van der Waals surface area (Å²) >= 11 is 3.18. The van der Waals surface area contributed by atoms with Crippen molar-refractivity contribution in [3.8, 4) is 0 Å². The molecule has 1 fully saturated rings. The summed E-state index contributed by atoms with van der Waals surface area (Å²) in [4.78, 5) is 11.9. The van der Waals surface area contributed by atoms with Gasteiger partial charge in [-0.15, -0.1) is 0 Å². The van der Waals surface area contributed by atoms with Gasteiger partial charge in [0.25, 0.3) is 5.91 Å². The summed E-state index contributed by atoms with van der Waals surface area (Å²) in [5, 5.41) is 2.85. The van der Waals surface area contributed by atoms with Crippen LogP contribution in [0.2, 0.25) is 0 Å². The van der Waals surface area contributed by atoms with Gasteiger partial charge in [0.1, 0.15) is 5.82 Å². The van der Waals surface area contributed by atoms with Crippen molar-refractivity contribution in [1.82, 2.24) is 5.32 Å². The number of benzene rings is 1. The van der Waals surface area contributed by atoms with Crippen molar-refractivity contribution in [2.24, 2.45) is 11.8 Å². The van der Waals surface area contributed by atoms with Gasteiger partial charge in [-0.3, -0.25) is 4.79 Å². The Kier molecular flexibility index (Phi) is 4.97. The minimum absolute atomic E-state index is 0.118. The first-order valence-electron chi connectivity index (χ1n) is 6.79. The fourth-order valence-electron chi connectivity index (χ4n) is 2.54. The third-order valence-corrected chi connectivity index (χ3v) is 4.36. The first kappa shape index (κ1) is 14.5. The molecule has 0 spiro atoms. The maximum atomic E-state index is 13.6. The van der Waals surface area contributed by atoms with Gasteiger partial charge in [0.15, 0.2) is 0 Å². The average molecular weight is 328 g/mol. The van der Waals surface area contributed by atoms with E-state index in [2.05, 4.69) is 28.2 Å². The Labute approximate surface area is 121 Å². The van der Waals surface area contributed by atoms with Crippen molar-refractivity contribution < 1.29 is 9.18 Å². The van der Waals surface area contributed by atoms with Gasteiger partial charge in [-0.2, -0.15) is 0 Å². The summed E-state index contributed by atoms with van der Waals surface area (Å²) in [7, 11) is 0. The number of amides is 1. The van der Waals surface area contributed by atoms with E-state index in [0.717, 1.165) is 18.8 Å². The van der Waals surface area contributed by atoms with Crippen LogP contribution in [-0.2, 0) is 0 Å². The van der Waals surface area contributed by atoms with Crippen molar-refractivity contribution >= 4 is 21.8 Å². The molecule has 0 aromatic heterocycles. The lowest BCUT2D eigenvalue weighted by molar-refractivity contribution is 0.0938. The Hall–Kier alpha value is -0.900. The first-order chi connectivity index (χ1) is 9.06. The third-order valence-electron chi connectivity index (χ3n) is 3.86. The molecule has 0 saturated heterocycles. The number of carbonyl (C=O) groups excluding carboxylic acids is 1. The number of rotatable bonds is 3. The summed E-state index contributed by atoms with van der Waals surface area (Å²) in [6, 6.07) is 4.51. The minimum Gasteiger partial charge on any atom is -0.352 e. The van der Waals surface area contributed by atoms with Crippen molar-refractivity contribution in [2.45, 2.75) is 32.6 Å². The highest BCUT2D eigenvalue weighted by atomic mass is 79.9. The topological polar surface area (TPSA) is 29.1 Å². The van der Waals surface area contributed by atoms with Crippen LogP contribution in [0.5, 0.6) is 0 Å². The Morgan fingerprint density at radius 1 is 1.37 bits per heavy atom. The summed E-state index contributed by atoms with van der Waals surface area (Å²) in [6.45, 7) is 2.92. The molecule has 0 heterocycles. The van der Waals surface area contributed by atoms with Crippen molar-refractivity contribution in [3.63, 3.8) is 0 Å². The lowest BCUT2D eigenvalue weighted by atomic mass is 9.83. The zero-order valence-electron chi connectivity index (χ0n) is 11.1. The van der Waals surface area contributed by atoms with Crippen molar-refractivity contribution in [2.75, 3.05) is 6.54 Å². The van der Waals surface area contributed by atoms with Crippen LogP contribution in [0.25, 0.3) is 0 Å². The molecule has 2 nitrogen and oxygen atoms in total. The SMILES string of the molecule is CC1CCC(CNC(=O)c2ccc(Br)cc2F)CC1. The largest absolute Gasteiger partial charge is 0.352 e. The molecule has 1 aromatic rings. The second-order valence-corrected chi connectivity index (χ2v) is 6.38. The highest BCUT2D eigenvalue weighted by molar-refractivity contribution is 9.10. The molecule has 1 N–H and O–H groups in total. The zero-order chi connectivity index (χ0) is 13.8. The molecule has 1 saturated carbocycles. The van der Waals surface area contributed by atoms with Crippen LogP contribution >= 0.6 is 15.9 Å². The minimum atomic E-state index is -0.482. The van der Waals surface area contributed by atoms with Gasteiger partial charge >= 0.3 is 0 Å². The highest BCUT2D eigenvalue weighted by Gasteiger charge is 2.19. The van der Waals surface area contributed by atoms with Gasteiger partial charge < -0.3 is 5.32 Å². The van der Waals surface area contributed by atoms with Gasteiger partial charge in [-0.25, -0.2) is 4.39 Å². The predicted molar refractivity (Wildman–Crippen MR) is 77.6 cm³/mol. The normalized spacial score (nSPS) is 23.1. The number of nitrogens with one attached hydrogen (secondary N) is 1. The Morgan fingerprint density at radius 2 is 2.05 bits per heavy atom. The van der Waals surface area contributed by atoms with E-state index in [9.17, 15) is 9.18 Å². The molecular weight excluding hydrogens is 309 g/mol. The molecule has 0 aliphatic heterocycles. The van der Waals surface area contributed by atoms with E-state index in [0.29, 0.717) is 16.9 Å². The quantitative estimate of drug-likeness (QED) is 0.887. The van der Waals surface area contributed by atoms with Crippen LogP contribution in [-0.4, -0.2) is 12.5 Å². The van der Waals surface area contributed by atoms with E-state index in [1.54, 1.807) is 6.07 Å². The molecule has 2 rings (SSSR count). The van der Waals surface area contributed by atoms with Gasteiger partial charge in [0, 0.05) is 11.0 Å². The Morgan fingerprint density at radius 3 is 2.68 bits per heavy atom. The molecule has 0 bridgehead atoms. The monoisotopic (exact) mass is 327 g/mol. The highest BCUT2D eigenvalue weighted by Crippen LogP contribution is 2.27. The lowest BCUT2D eigenvalue weighted by Gasteiger charge is -2.26. The molecule has 104 valence electrons. The van der Waals surface area contributed by atoms with E-state index in [1.807, 2.05) is 0 Å². The van der Waals surface area contributed by atoms with E-state index in [1.165, 1.54) is 25.0 Å². The average Bonchev–Trinajstić information content (AvgIpc) is 2.37. The summed E-state index contributed by atoms with van der Waals surface area (Å²) in [5.41, 5.74) is 0.118. The molecule has 0 unspecified atom stereocenters. The summed E-state index contributed by atoms with van der Waals surface area (Å²) in [6.07, 6.45) is 4.77. The van der Waals surface area contributed by atoms with Gasteiger partial charge in [0.2, 0.25) is 0 Å². The van der Waals surface area contributed by atoms with E-state index in [-0.39, 0.29) is 11.5 Å². The Bertz CT molecular complexity index is 455. The van der Waals surface area contributed by atoms with E-state index in [4.69, 9.17) is 0 Å². The second-order valence-electron chi connectivity index (χ2n) is 5.46. The lowest BCUT2D eigenvalue weighted by Crippen LogP contribution is -2.31. The van der Waals surface area contributed by atoms with Gasteiger partial charge in [0.05, 0.1) is 5.56 Å². The van der Waals surface area contributed by atoms with Crippen molar-refractivity contribution in [3.05, 3.63) is 34.1 Å². The molecule has 0 radical (unpaired) electrons. The second kappa shape index (κ2) is 6.51. The van der Waals surface area contributed by atoms with Crippen LogP contribution in [0.1, 0.15) is 43.0 Å². The standard InChI is InChI=1S/C15H19BrFNO/c1-10-2-4-11(5-3-10)9-18-15(19)13-7-6-12(16)8-14(13)17/h6-8,10-11H,2-5,9H2,1H3,(H,18,19). The van der Waals surface area contributed by atoms with Crippen LogP contribution in [0.3, 0.4) is 0 Å². The molecule has 4 heteroatoms. The predicted octanol–water partition coefficient (Wildman–Crippen LogP) is 4.14. The Balaban J connectivity index is 1.87. The number of hydrogen-bond acceptors (Lipinski definition) is 1. The third kappa shape index (κ3) is 4.03. The van der Waals surface area contributed by atoms with Crippen LogP contribution in [0, 0.1) is 17.7 Å². The maximum absolute atomic E-state index is 13.6. The van der Waals surface area contributed by atoms with Crippen molar-refractivity contribution in [1.29, 1.82) is 0 Å². The molecule has 1 aliphatic rings. The first-order valence-corrected chi connectivity index (χ1v) is 7.59. The van der Waals surface area contributed by atoms with E-state index < -0.39 is 5.82 Å². The molecule has 19 heavy (non-hydrogen) atoms. The molecular formula is C15H19BrFNO. The van der Waals surface area contributed by atoms with Crippen LogP contribution in [0.4, 0.5) is 4.39 Å². The molecule has 1 aromatic carbocycles. The number of hydrogen-bond donors (Lipinski definition) is 1. The zero-order valence-corrected chi connectivity index (χ0v) is 12.7. The van der Waals surface area contributed by atoms with Gasteiger partial charge in [-0.05, 0) is 42.9 Å². The van der Waals surface area contributed by atoms with Gasteiger partial charge in [-0.1, -0.05) is 35.7 Å². The number of halogens is 2. The molecule has 0 atom stereocenters. The fraction of sp³-hybridized carbons (Fsp3) is 0.533. The van der Waals surface area contributed by atoms with E-state index >= 15 is 0 Å². The summed E-state index contributed by atoms with van der Waals surface area (Å²) in [5.74, 6) is 0.544. The van der Waals surface area contributed by atoms with Crippen LogP contribution < -0.4 is 5.32 Å². The molecule has 1 amide bonds. The van der Waals surface area contributed by atoms with Crippen LogP contribution in [0.15, 0.2) is 22.7 Å².